The van der Waals surface area contributed by atoms with Crippen LogP contribution in [0.1, 0.15) is 57.4 Å². The van der Waals surface area contributed by atoms with Crippen LogP contribution in [0.5, 0.6) is 0 Å². The Hall–Kier alpha value is -7.02. The van der Waals surface area contributed by atoms with Crippen LogP contribution in [-0.2, 0) is 82.9 Å². The van der Waals surface area contributed by atoms with Gasteiger partial charge in [0.15, 0.2) is 5.96 Å². The minimum atomic E-state index is -1.81. The van der Waals surface area contributed by atoms with Gasteiger partial charge in [-0.1, -0.05) is 58.8 Å². The summed E-state index contributed by atoms with van der Waals surface area (Å²) in [6.07, 6.45) is 0.970. The van der Waals surface area contributed by atoms with Gasteiger partial charge in [-0.05, 0) is 57.7 Å². The van der Waals surface area contributed by atoms with E-state index < -0.39 is 120 Å². The Bertz CT molecular complexity index is 2420. The van der Waals surface area contributed by atoms with Crippen LogP contribution in [-0.4, -0.2) is 240 Å². The maximum absolute atomic E-state index is 14.4. The third-order valence-corrected chi connectivity index (χ3v) is 15.6. The number of thioether (sulfide) groups is 1. The van der Waals surface area contributed by atoms with Gasteiger partial charge in [0.1, 0.15) is 55.5 Å². The summed E-state index contributed by atoms with van der Waals surface area (Å²) < 4.78 is 20.1. The van der Waals surface area contributed by atoms with Crippen molar-refractivity contribution < 1.29 is 81.6 Å². The summed E-state index contributed by atoms with van der Waals surface area (Å²) in [7, 11) is 5.47. The molecule has 1 aromatic carbocycles. The number of carbonyl (C=O) groups is 12. The molecule has 35 heteroatoms. The number of methoxy groups -OCH3 is 1. The third-order valence-electron chi connectivity index (χ3n) is 12.1. The molecule has 0 saturated carbocycles. The van der Waals surface area contributed by atoms with Gasteiger partial charge in [0.2, 0.25) is 65.0 Å². The van der Waals surface area contributed by atoms with Crippen LogP contribution in [0, 0.1) is 0 Å². The van der Waals surface area contributed by atoms with Gasteiger partial charge >= 0.3 is 5.97 Å². The number of nitrogens with two attached hydrogens (primary N) is 3. The monoisotopic (exact) mass is 1300 g/mol. The molecule has 2 saturated heterocycles. The van der Waals surface area contributed by atoms with Crippen molar-refractivity contribution in [1.82, 2.24) is 58.5 Å². The summed E-state index contributed by atoms with van der Waals surface area (Å²) in [4.78, 5) is 163. The van der Waals surface area contributed by atoms with E-state index in [1.807, 2.05) is 6.92 Å². The maximum Gasteiger partial charge on any atom is 0.305 e. The van der Waals surface area contributed by atoms with Crippen molar-refractivity contribution >= 4 is 110 Å². The Morgan fingerprint density at radius 1 is 0.636 bits per heavy atom. The Labute approximate surface area is 522 Å². The Morgan fingerprint density at radius 3 is 1.91 bits per heavy atom. The molecule has 18 N–H and O–H groups in total. The topological polar surface area (TPSA) is 485 Å². The molecular weight excluding hydrogens is 1210 g/mol. The molecule has 2 aliphatic heterocycles. The van der Waals surface area contributed by atoms with Crippen molar-refractivity contribution in [2.24, 2.45) is 22.2 Å². The number of hydrogen-bond acceptors (Lipinski definition) is 21. The number of hydrogen-bond donors (Lipinski definition) is 15. The van der Waals surface area contributed by atoms with E-state index >= 15 is 0 Å². The van der Waals surface area contributed by atoms with Gasteiger partial charge in [0, 0.05) is 57.0 Å². The predicted molar refractivity (Wildman–Crippen MR) is 329 cm³/mol. The van der Waals surface area contributed by atoms with E-state index in [0.29, 0.717) is 57.9 Å². The predicted octanol–water partition coefficient (Wildman–Crippen LogP) is -5.39. The number of amides is 11. The number of benzene rings is 1. The highest BCUT2D eigenvalue weighted by Crippen LogP contribution is 2.24. The van der Waals surface area contributed by atoms with E-state index in [1.54, 1.807) is 44.5 Å². The Balaban J connectivity index is 0.00000143. The number of unbranched alkanes of at least 4 members (excludes halogenated alkanes) is 1. The van der Waals surface area contributed by atoms with Crippen molar-refractivity contribution in [3.05, 3.63) is 35.9 Å². The maximum atomic E-state index is 14.4. The number of nitrogens with zero attached hydrogens (tertiary/aromatic N) is 1. The number of primary amides is 1. The summed E-state index contributed by atoms with van der Waals surface area (Å²) in [5, 5.41) is 38.7. The number of nitrogens with one attached hydrogen (secondary N) is 11. The fourth-order valence-corrected chi connectivity index (χ4v) is 10.9. The highest BCUT2D eigenvalue weighted by atomic mass is 33.1. The normalized spacial score (nSPS) is 21.2. The van der Waals surface area contributed by atoms with E-state index in [0.717, 1.165) is 39.8 Å². The fourth-order valence-electron chi connectivity index (χ4n) is 7.74. The van der Waals surface area contributed by atoms with E-state index in [4.69, 9.17) is 36.1 Å². The number of carbonyl (C=O) groups excluding carboxylic acids is 11. The lowest BCUT2D eigenvalue weighted by molar-refractivity contribution is -0.141. The average molecular weight is 1300 g/mol. The molecule has 0 radical (unpaired) electrons. The van der Waals surface area contributed by atoms with E-state index in [2.05, 4.69) is 63.5 Å². The number of guanidine groups is 1. The van der Waals surface area contributed by atoms with E-state index in [9.17, 15) is 62.6 Å². The highest BCUT2D eigenvalue weighted by Gasteiger charge is 2.35. The molecule has 2 bridgehead atoms. The van der Waals surface area contributed by atoms with Crippen LogP contribution in [0.4, 0.5) is 0 Å². The molecule has 0 aliphatic carbocycles. The van der Waals surface area contributed by atoms with E-state index in [-0.39, 0.29) is 93.5 Å². The van der Waals surface area contributed by atoms with Crippen molar-refractivity contribution in [1.29, 1.82) is 0 Å². The second-order valence-corrected chi connectivity index (χ2v) is 23.1. The van der Waals surface area contributed by atoms with Gasteiger partial charge in [-0.2, -0.15) is 0 Å². The van der Waals surface area contributed by atoms with Gasteiger partial charge in [-0.15, -0.1) is 11.8 Å². The summed E-state index contributed by atoms with van der Waals surface area (Å²) in [5.74, 6) is -11.2. The second-order valence-electron chi connectivity index (χ2n) is 19.5. The lowest BCUT2D eigenvalue weighted by Gasteiger charge is -2.27. The minimum Gasteiger partial charge on any atom is -0.481 e. The largest absolute Gasteiger partial charge is 0.481 e. The standard InChI is InChI=1S/C44H69N13O12S3.C9H18N2O5/c1-3-17-69-18-16-48-38(63)32-23-71-72-24-33-43(68)53-27(13-9-15-49-44(45)46)37(62)50-21-34(58)52-30(20-36(60)61)41(66)55-31(42(67)54-29(40(65)56-32)19-26-10-5-4-6-11-26)22-70-25-35(59)51-28(39(64)57-33)12-7-8-14-47-2;1-14-4-5-15-3-2-11-9(13)7-16-6-8(10)12/h4-6,10-11,27-33,47H,3,7-9,12-25H2,1-2H3,(H,48,63)(H,50,62)(H,51,59)(H,52,58)(H,53,68)(H,54,67)(H,55,66)(H,56,65)(H,57,64)(H,60,61)(H4,45,46,49);2-7H2,1H3,(H2,10,12)(H,11,13)/t27-,28-,29-,30-,31-,32-,33-;/m0./s1. The number of rotatable bonds is 29. The molecule has 2 heterocycles. The van der Waals surface area contributed by atoms with Crippen molar-refractivity contribution in [3.63, 3.8) is 0 Å². The molecule has 0 spiro atoms. The van der Waals surface area contributed by atoms with Gasteiger partial charge in [-0.25, -0.2) is 0 Å². The number of fused-ring (bicyclic) bond motifs is 9. The lowest BCUT2D eigenvalue weighted by Crippen LogP contribution is -2.60. The van der Waals surface area contributed by atoms with Crippen LogP contribution in [0.2, 0.25) is 0 Å². The highest BCUT2D eigenvalue weighted by molar-refractivity contribution is 8.76. The summed E-state index contributed by atoms with van der Waals surface area (Å²) in [6.45, 7) is 3.88. The second kappa shape index (κ2) is 46.1. The van der Waals surface area contributed by atoms with Crippen LogP contribution in [0.25, 0.3) is 0 Å². The SMILES string of the molecule is CCCOCCNC(=O)[C@@H]1CSSC[C@@H]2NC(=O)[C@H](CCCCNC)NC(=O)CSC[C@H](NC(=O)[C@H](CC(=O)O)NC(=O)CNC(=O)[C@H](CCCN=C(N)N)NC2=O)C(=O)N[C@@H](Cc2ccccc2)C(=O)N1.COCCOCCNC(=O)COCC(N)=O. The third kappa shape index (κ3) is 35.1. The first-order valence-corrected chi connectivity index (χ1v) is 32.0. The molecule has 11 amide bonds. The molecule has 3 rings (SSSR count). The quantitative estimate of drug-likeness (QED) is 0.0154. The zero-order valence-electron chi connectivity index (χ0n) is 49.8. The molecule has 88 heavy (non-hydrogen) atoms. The fraction of sp³-hybridized carbons (Fsp3) is 0.642. The molecule has 494 valence electrons. The molecular formula is C53H87N15O17S3. The molecule has 2 fully saturated rings. The van der Waals surface area contributed by atoms with Crippen LogP contribution >= 0.6 is 33.3 Å². The molecule has 0 aromatic heterocycles. The number of carboxylic acid groups (broad SMARTS) is 1. The van der Waals surface area contributed by atoms with Gasteiger partial charge in [-0.3, -0.25) is 62.5 Å². The van der Waals surface area contributed by atoms with Gasteiger partial charge in [0.05, 0.1) is 45.1 Å². The molecule has 2 aliphatic rings. The number of carboxylic acids is 1. The van der Waals surface area contributed by atoms with E-state index in [1.165, 1.54) is 0 Å². The first kappa shape index (κ1) is 77.1. The number of aliphatic imine (C=N–C) groups is 1. The summed E-state index contributed by atoms with van der Waals surface area (Å²) in [5.41, 5.74) is 16.4. The Kier molecular flexibility index (Phi) is 40.4. The lowest BCUT2D eigenvalue weighted by atomic mass is 10.0. The van der Waals surface area contributed by atoms with Gasteiger partial charge < -0.3 is 99.7 Å². The first-order valence-electron chi connectivity index (χ1n) is 28.4. The van der Waals surface area contributed by atoms with Crippen molar-refractivity contribution in [2.45, 2.75) is 101 Å². The number of ether oxygens (including phenoxy) is 4. The average Bonchev–Trinajstić information content (AvgIpc) is 3.55. The zero-order valence-corrected chi connectivity index (χ0v) is 52.2. The van der Waals surface area contributed by atoms with Crippen LogP contribution in [0.15, 0.2) is 35.3 Å². The van der Waals surface area contributed by atoms with Crippen molar-refractivity contribution in [2.75, 3.05) is 116 Å². The zero-order chi connectivity index (χ0) is 65.1. The molecule has 0 unspecified atom stereocenters. The minimum absolute atomic E-state index is 0.0391. The Morgan fingerprint density at radius 2 is 1.25 bits per heavy atom. The molecule has 1 aromatic rings. The first-order chi connectivity index (χ1) is 42.2. The smallest absolute Gasteiger partial charge is 0.305 e. The van der Waals surface area contributed by atoms with Gasteiger partial charge in [0.25, 0.3) is 0 Å². The molecule has 7 atom stereocenters. The number of aliphatic carboxylic acids is 1. The molecule has 32 nitrogen and oxygen atoms in total. The van der Waals surface area contributed by atoms with Crippen LogP contribution in [0.3, 0.4) is 0 Å². The summed E-state index contributed by atoms with van der Waals surface area (Å²) in [6, 6.07) is -1.32. The van der Waals surface area contributed by atoms with Crippen LogP contribution < -0.4 is 75.7 Å². The summed E-state index contributed by atoms with van der Waals surface area (Å²) >= 11 is 0.861. The van der Waals surface area contributed by atoms with Crippen molar-refractivity contribution in [3.8, 4) is 0 Å².